The van der Waals surface area contributed by atoms with Gasteiger partial charge in [-0.15, -0.1) is 12.4 Å². The Morgan fingerprint density at radius 2 is 2.29 bits per heavy atom. The van der Waals surface area contributed by atoms with Crippen LogP contribution in [0.3, 0.4) is 0 Å². The third-order valence-electron chi connectivity index (χ3n) is 3.54. The molecule has 1 aliphatic heterocycles. The molecule has 6 nitrogen and oxygen atoms in total. The summed E-state index contributed by atoms with van der Waals surface area (Å²) in [5, 5.41) is 16.2. The zero-order valence-corrected chi connectivity index (χ0v) is 15.0. The van der Waals surface area contributed by atoms with Crippen molar-refractivity contribution in [2.24, 2.45) is 0 Å². The van der Waals surface area contributed by atoms with Crippen molar-refractivity contribution >= 4 is 18.3 Å². The summed E-state index contributed by atoms with van der Waals surface area (Å²) >= 11 is 0. The molecular weight excluding hydrogens is 332 g/mol. The molecule has 0 aromatic heterocycles. The van der Waals surface area contributed by atoms with Crippen LogP contribution in [0.1, 0.15) is 31.9 Å². The fourth-order valence-electron chi connectivity index (χ4n) is 2.44. The van der Waals surface area contributed by atoms with Crippen LogP contribution in [-0.2, 0) is 9.53 Å². The van der Waals surface area contributed by atoms with E-state index in [2.05, 4.69) is 10.6 Å². The molecule has 0 radical (unpaired) electrons. The van der Waals surface area contributed by atoms with E-state index >= 15 is 0 Å². The molecule has 2 unspecified atom stereocenters. The van der Waals surface area contributed by atoms with E-state index < -0.39 is 6.10 Å². The lowest BCUT2D eigenvalue weighted by Gasteiger charge is -2.23. The van der Waals surface area contributed by atoms with Crippen LogP contribution >= 0.6 is 12.4 Å². The highest BCUT2D eigenvalue weighted by Gasteiger charge is 2.17. The van der Waals surface area contributed by atoms with E-state index in [0.29, 0.717) is 25.4 Å². The molecule has 1 amide bonds. The van der Waals surface area contributed by atoms with E-state index in [1.165, 1.54) is 0 Å². The smallest absolute Gasteiger partial charge is 0.221 e. The van der Waals surface area contributed by atoms with Crippen molar-refractivity contribution in [1.29, 1.82) is 0 Å². The fourth-order valence-corrected chi connectivity index (χ4v) is 2.44. The number of morpholine rings is 1. The quantitative estimate of drug-likeness (QED) is 0.687. The number of aliphatic hydroxyl groups is 1. The number of carbonyl (C=O) groups is 1. The van der Waals surface area contributed by atoms with Crippen LogP contribution in [0, 0.1) is 0 Å². The van der Waals surface area contributed by atoms with Crippen LogP contribution in [0.15, 0.2) is 24.3 Å². The molecule has 1 aromatic carbocycles. The van der Waals surface area contributed by atoms with Gasteiger partial charge in [0.25, 0.3) is 0 Å². The minimum Gasteiger partial charge on any atom is -0.491 e. The summed E-state index contributed by atoms with van der Waals surface area (Å²) in [5.41, 5.74) is 0.725. The molecule has 136 valence electrons. The van der Waals surface area contributed by atoms with E-state index in [4.69, 9.17) is 9.47 Å². The van der Waals surface area contributed by atoms with Crippen molar-refractivity contribution in [3.8, 4) is 5.75 Å². The van der Waals surface area contributed by atoms with Crippen molar-refractivity contribution in [2.75, 3.05) is 26.3 Å². The Balaban J connectivity index is 0.00000288. The number of hydrogen-bond acceptors (Lipinski definition) is 5. The molecule has 0 spiro atoms. The van der Waals surface area contributed by atoms with E-state index in [0.717, 1.165) is 12.1 Å². The SMILES string of the molecule is CC(C)Oc1cccc(C(O)CNC(=O)CC2COCCN2)c1.Cl. The molecule has 1 aliphatic rings. The Morgan fingerprint density at radius 3 is 2.96 bits per heavy atom. The Bertz CT molecular complexity index is 507. The lowest BCUT2D eigenvalue weighted by Crippen LogP contribution is -2.44. The molecule has 0 saturated carbocycles. The largest absolute Gasteiger partial charge is 0.491 e. The highest BCUT2D eigenvalue weighted by molar-refractivity contribution is 5.85. The molecular formula is C17H27ClN2O4. The summed E-state index contributed by atoms with van der Waals surface area (Å²) in [4.78, 5) is 11.9. The second-order valence-electron chi connectivity index (χ2n) is 5.99. The lowest BCUT2D eigenvalue weighted by molar-refractivity contribution is -0.122. The normalized spacial score (nSPS) is 18.6. The first-order valence-electron chi connectivity index (χ1n) is 8.07. The Hall–Kier alpha value is -1.34. The molecule has 24 heavy (non-hydrogen) atoms. The number of carbonyl (C=O) groups excluding carboxylic acids is 1. The van der Waals surface area contributed by atoms with Crippen LogP contribution in [-0.4, -0.2) is 49.5 Å². The standard InChI is InChI=1S/C17H26N2O4.ClH/c1-12(2)23-15-5-3-4-13(8-15)16(20)10-19-17(21)9-14-11-22-7-6-18-14;/h3-5,8,12,14,16,18,20H,6-7,9-11H2,1-2H3,(H,19,21);1H. The van der Waals surface area contributed by atoms with Crippen LogP contribution in [0.5, 0.6) is 5.75 Å². The lowest BCUT2D eigenvalue weighted by atomic mass is 10.1. The molecule has 3 N–H and O–H groups in total. The van der Waals surface area contributed by atoms with Gasteiger partial charge in [-0.1, -0.05) is 12.1 Å². The van der Waals surface area contributed by atoms with Gasteiger partial charge < -0.3 is 25.2 Å². The topological polar surface area (TPSA) is 79.8 Å². The van der Waals surface area contributed by atoms with E-state index in [-0.39, 0.29) is 37.0 Å². The number of ether oxygens (including phenoxy) is 2. The van der Waals surface area contributed by atoms with Gasteiger partial charge in [0.2, 0.25) is 5.91 Å². The molecule has 0 bridgehead atoms. The van der Waals surface area contributed by atoms with Crippen molar-refractivity contribution < 1.29 is 19.4 Å². The van der Waals surface area contributed by atoms with E-state index in [9.17, 15) is 9.90 Å². The average Bonchev–Trinajstić information content (AvgIpc) is 2.53. The first-order chi connectivity index (χ1) is 11.0. The molecule has 0 aliphatic carbocycles. The van der Waals surface area contributed by atoms with Crippen molar-refractivity contribution in [3.05, 3.63) is 29.8 Å². The Morgan fingerprint density at radius 1 is 1.50 bits per heavy atom. The zero-order valence-electron chi connectivity index (χ0n) is 14.2. The third kappa shape index (κ3) is 7.05. The van der Waals surface area contributed by atoms with Crippen LogP contribution < -0.4 is 15.4 Å². The fraction of sp³-hybridized carbons (Fsp3) is 0.588. The van der Waals surface area contributed by atoms with Gasteiger partial charge in [-0.25, -0.2) is 0 Å². The monoisotopic (exact) mass is 358 g/mol. The highest BCUT2D eigenvalue weighted by atomic mass is 35.5. The molecule has 1 saturated heterocycles. The summed E-state index contributed by atoms with van der Waals surface area (Å²) in [6, 6.07) is 7.35. The number of nitrogens with one attached hydrogen (secondary N) is 2. The summed E-state index contributed by atoms with van der Waals surface area (Å²) < 4.78 is 10.9. The minimum atomic E-state index is -0.759. The number of hydrogen-bond donors (Lipinski definition) is 3. The summed E-state index contributed by atoms with van der Waals surface area (Å²) in [5.74, 6) is 0.619. The molecule has 1 aromatic rings. The first kappa shape index (κ1) is 20.7. The molecule has 2 atom stereocenters. The highest BCUT2D eigenvalue weighted by Crippen LogP contribution is 2.20. The molecule has 7 heteroatoms. The first-order valence-corrected chi connectivity index (χ1v) is 8.07. The number of benzene rings is 1. The summed E-state index contributed by atoms with van der Waals surface area (Å²) in [7, 11) is 0. The van der Waals surface area contributed by atoms with Crippen LogP contribution in [0.2, 0.25) is 0 Å². The maximum atomic E-state index is 11.9. The third-order valence-corrected chi connectivity index (χ3v) is 3.54. The van der Waals surface area contributed by atoms with Gasteiger partial charge in [-0.2, -0.15) is 0 Å². The average molecular weight is 359 g/mol. The predicted octanol–water partition coefficient (Wildman–Crippen LogP) is 1.42. The maximum absolute atomic E-state index is 11.9. The van der Waals surface area contributed by atoms with Gasteiger partial charge in [0, 0.05) is 25.6 Å². The second kappa shape index (κ2) is 10.5. The van der Waals surface area contributed by atoms with Gasteiger partial charge in [0.15, 0.2) is 0 Å². The van der Waals surface area contributed by atoms with Gasteiger partial charge in [0.1, 0.15) is 5.75 Å². The number of halogens is 1. The molecule has 2 rings (SSSR count). The minimum absolute atomic E-state index is 0. The van der Waals surface area contributed by atoms with Gasteiger partial charge in [-0.3, -0.25) is 4.79 Å². The van der Waals surface area contributed by atoms with Crippen molar-refractivity contribution in [3.63, 3.8) is 0 Å². The van der Waals surface area contributed by atoms with E-state index in [1.54, 1.807) is 6.07 Å². The van der Waals surface area contributed by atoms with Gasteiger partial charge in [0.05, 0.1) is 25.4 Å². The van der Waals surface area contributed by atoms with E-state index in [1.807, 2.05) is 32.0 Å². The summed E-state index contributed by atoms with van der Waals surface area (Å²) in [6.07, 6.45) is -0.332. The molecule has 1 heterocycles. The number of amides is 1. The molecule has 1 fully saturated rings. The number of aliphatic hydroxyl groups excluding tert-OH is 1. The van der Waals surface area contributed by atoms with Crippen molar-refractivity contribution in [1.82, 2.24) is 10.6 Å². The Kier molecular flexibility index (Phi) is 9.07. The Labute approximate surface area is 149 Å². The number of rotatable bonds is 7. The van der Waals surface area contributed by atoms with Gasteiger partial charge in [-0.05, 0) is 31.5 Å². The van der Waals surface area contributed by atoms with Crippen LogP contribution in [0.25, 0.3) is 0 Å². The van der Waals surface area contributed by atoms with Gasteiger partial charge >= 0.3 is 0 Å². The predicted molar refractivity (Wildman–Crippen MR) is 94.7 cm³/mol. The second-order valence-corrected chi connectivity index (χ2v) is 5.99. The summed E-state index contributed by atoms with van der Waals surface area (Å²) in [6.45, 7) is 6.08. The maximum Gasteiger partial charge on any atom is 0.221 e. The zero-order chi connectivity index (χ0) is 16.7. The van der Waals surface area contributed by atoms with Crippen LogP contribution in [0.4, 0.5) is 0 Å². The van der Waals surface area contributed by atoms with Crippen molar-refractivity contribution in [2.45, 2.75) is 38.5 Å².